The lowest BCUT2D eigenvalue weighted by Gasteiger charge is -2.38. The van der Waals surface area contributed by atoms with Crippen molar-refractivity contribution in [2.45, 2.75) is 72.1 Å². The van der Waals surface area contributed by atoms with Gasteiger partial charge in [0.05, 0.1) is 26.1 Å². The van der Waals surface area contributed by atoms with Crippen LogP contribution in [0.3, 0.4) is 0 Å². The largest absolute Gasteiger partial charge is 0.507 e. The maximum atomic E-state index is 10.8. The SMILES string of the molecule is CCCCC/C=C(\O)C[N+](CCC)(CCC)CCCC(=O)O. The summed E-state index contributed by atoms with van der Waals surface area (Å²) in [4.78, 5) is 10.8. The van der Waals surface area contributed by atoms with Gasteiger partial charge in [-0.25, -0.2) is 0 Å². The number of aliphatic hydroxyl groups is 1. The van der Waals surface area contributed by atoms with Gasteiger partial charge < -0.3 is 14.7 Å². The lowest BCUT2D eigenvalue weighted by molar-refractivity contribution is -0.925. The molecule has 0 heterocycles. The van der Waals surface area contributed by atoms with Crippen molar-refractivity contribution in [1.29, 1.82) is 0 Å². The summed E-state index contributed by atoms with van der Waals surface area (Å²) < 4.78 is 0.816. The van der Waals surface area contributed by atoms with Crippen molar-refractivity contribution in [3.05, 3.63) is 11.8 Å². The Morgan fingerprint density at radius 2 is 1.55 bits per heavy atom. The molecule has 0 aromatic carbocycles. The number of aliphatic hydroxyl groups excluding tert-OH is 1. The van der Waals surface area contributed by atoms with Gasteiger partial charge in [0.15, 0.2) is 0 Å². The minimum Gasteiger partial charge on any atom is -0.507 e. The van der Waals surface area contributed by atoms with Crippen LogP contribution in [0.4, 0.5) is 0 Å². The van der Waals surface area contributed by atoms with Gasteiger partial charge in [0.2, 0.25) is 0 Å². The predicted molar refractivity (Wildman–Crippen MR) is 92.0 cm³/mol. The van der Waals surface area contributed by atoms with Crippen molar-refractivity contribution in [3.8, 4) is 0 Å². The van der Waals surface area contributed by atoms with Crippen LogP contribution < -0.4 is 0 Å². The van der Waals surface area contributed by atoms with Crippen LogP contribution in [0, 0.1) is 0 Å². The summed E-state index contributed by atoms with van der Waals surface area (Å²) in [5, 5.41) is 19.1. The molecule has 0 aromatic rings. The monoisotopic (exact) mass is 314 g/mol. The first-order valence-electron chi connectivity index (χ1n) is 8.94. The van der Waals surface area contributed by atoms with Gasteiger partial charge in [0.1, 0.15) is 12.3 Å². The Balaban J connectivity index is 4.69. The second-order valence-corrected chi connectivity index (χ2v) is 6.36. The highest BCUT2D eigenvalue weighted by molar-refractivity contribution is 5.66. The standard InChI is InChI=1S/C18H35NO3/c1-4-7-8-9-11-17(20)16-19(13-5-2,14-6-3)15-10-12-18(21)22/h11H,4-10,12-16H2,1-3H3,(H-,20,21,22)/p+1/b17-11-. The topological polar surface area (TPSA) is 57.5 Å². The number of quaternary nitrogens is 1. The normalized spacial score (nSPS) is 12.6. The fraction of sp³-hybridized carbons (Fsp3) is 0.833. The van der Waals surface area contributed by atoms with E-state index in [1.54, 1.807) is 0 Å². The van der Waals surface area contributed by atoms with Gasteiger partial charge in [-0.2, -0.15) is 0 Å². The van der Waals surface area contributed by atoms with Gasteiger partial charge in [0, 0.05) is 6.42 Å². The van der Waals surface area contributed by atoms with Crippen molar-refractivity contribution in [2.24, 2.45) is 0 Å². The van der Waals surface area contributed by atoms with E-state index in [4.69, 9.17) is 5.11 Å². The summed E-state index contributed by atoms with van der Waals surface area (Å²) in [5.74, 6) is -0.251. The number of unbranched alkanes of at least 4 members (excludes halogenated alkanes) is 3. The van der Waals surface area contributed by atoms with Gasteiger partial charge in [0.25, 0.3) is 0 Å². The molecule has 4 heteroatoms. The van der Waals surface area contributed by atoms with Crippen molar-refractivity contribution in [2.75, 3.05) is 26.2 Å². The van der Waals surface area contributed by atoms with E-state index in [9.17, 15) is 9.90 Å². The molecule has 0 rings (SSSR count). The van der Waals surface area contributed by atoms with Gasteiger partial charge in [-0.05, 0) is 31.8 Å². The Bertz CT molecular complexity index is 320. The summed E-state index contributed by atoms with van der Waals surface area (Å²) in [7, 11) is 0. The Kier molecular flexibility index (Phi) is 11.9. The highest BCUT2D eigenvalue weighted by Crippen LogP contribution is 2.16. The molecular weight excluding hydrogens is 278 g/mol. The third kappa shape index (κ3) is 9.82. The molecule has 0 bridgehead atoms. The lowest BCUT2D eigenvalue weighted by atomic mass is 10.1. The van der Waals surface area contributed by atoms with Crippen molar-refractivity contribution < 1.29 is 19.5 Å². The van der Waals surface area contributed by atoms with Gasteiger partial charge in [-0.3, -0.25) is 4.79 Å². The molecule has 0 saturated heterocycles. The summed E-state index contributed by atoms with van der Waals surface area (Å²) in [6, 6.07) is 0. The molecule has 4 nitrogen and oxygen atoms in total. The fourth-order valence-corrected chi connectivity index (χ4v) is 3.16. The third-order valence-electron chi connectivity index (χ3n) is 4.10. The average molecular weight is 314 g/mol. The van der Waals surface area contributed by atoms with E-state index >= 15 is 0 Å². The number of carboxylic acids is 1. The number of rotatable bonds is 14. The van der Waals surface area contributed by atoms with Crippen LogP contribution in [0.5, 0.6) is 0 Å². The van der Waals surface area contributed by atoms with Crippen LogP contribution in [-0.2, 0) is 4.79 Å². The molecular formula is C18H36NO3+. The molecule has 0 atom stereocenters. The fourth-order valence-electron chi connectivity index (χ4n) is 3.16. The van der Waals surface area contributed by atoms with E-state index in [1.165, 1.54) is 12.8 Å². The zero-order valence-electron chi connectivity index (χ0n) is 14.8. The van der Waals surface area contributed by atoms with Crippen LogP contribution in [0.25, 0.3) is 0 Å². The van der Waals surface area contributed by atoms with Crippen LogP contribution in [0.1, 0.15) is 72.1 Å². The Morgan fingerprint density at radius 1 is 0.909 bits per heavy atom. The molecule has 0 unspecified atom stereocenters. The first kappa shape index (κ1) is 21.0. The molecule has 0 aromatic heterocycles. The summed E-state index contributed by atoms with van der Waals surface area (Å²) in [5.41, 5.74) is 0. The number of nitrogens with zero attached hydrogens (tertiary/aromatic N) is 1. The molecule has 0 aliphatic carbocycles. The Hall–Kier alpha value is -1.03. The molecule has 2 N–H and O–H groups in total. The first-order chi connectivity index (χ1) is 10.5. The quantitative estimate of drug-likeness (QED) is 0.282. The van der Waals surface area contributed by atoms with Gasteiger partial charge in [-0.15, -0.1) is 0 Å². The number of hydrogen-bond donors (Lipinski definition) is 2. The molecule has 0 radical (unpaired) electrons. The minimum atomic E-state index is -0.731. The molecule has 130 valence electrons. The molecule has 0 aliphatic rings. The smallest absolute Gasteiger partial charge is 0.303 e. The zero-order valence-corrected chi connectivity index (χ0v) is 14.8. The van der Waals surface area contributed by atoms with Crippen LogP contribution >= 0.6 is 0 Å². The molecule has 0 saturated carbocycles. The van der Waals surface area contributed by atoms with Crippen molar-refractivity contribution in [1.82, 2.24) is 0 Å². The third-order valence-corrected chi connectivity index (χ3v) is 4.10. The minimum absolute atomic E-state index is 0.217. The molecule has 0 spiro atoms. The first-order valence-corrected chi connectivity index (χ1v) is 8.94. The van der Waals surface area contributed by atoms with E-state index < -0.39 is 5.97 Å². The summed E-state index contributed by atoms with van der Waals surface area (Å²) >= 11 is 0. The van der Waals surface area contributed by atoms with Crippen molar-refractivity contribution in [3.63, 3.8) is 0 Å². The predicted octanol–water partition coefficient (Wildman–Crippen LogP) is 4.51. The second kappa shape index (κ2) is 12.5. The zero-order chi connectivity index (χ0) is 16.8. The molecule has 22 heavy (non-hydrogen) atoms. The number of carbonyl (C=O) groups is 1. The van der Waals surface area contributed by atoms with Gasteiger partial charge in [-0.1, -0.05) is 33.6 Å². The maximum Gasteiger partial charge on any atom is 0.303 e. The highest BCUT2D eigenvalue weighted by Gasteiger charge is 2.26. The number of allylic oxidation sites excluding steroid dienone is 1. The summed E-state index contributed by atoms with van der Waals surface area (Å²) in [6.45, 7) is 9.97. The maximum absolute atomic E-state index is 10.8. The highest BCUT2D eigenvalue weighted by atomic mass is 16.4. The number of aliphatic carboxylic acids is 1. The van der Waals surface area contributed by atoms with E-state index in [-0.39, 0.29) is 6.42 Å². The second-order valence-electron chi connectivity index (χ2n) is 6.36. The lowest BCUT2D eigenvalue weighted by Crippen LogP contribution is -2.51. The molecule has 0 fully saturated rings. The molecule has 0 aliphatic heterocycles. The van der Waals surface area contributed by atoms with E-state index in [0.717, 1.165) is 49.8 Å². The summed E-state index contributed by atoms with van der Waals surface area (Å²) in [6.07, 6.45) is 9.42. The Morgan fingerprint density at radius 3 is 2.05 bits per heavy atom. The van der Waals surface area contributed by atoms with Crippen molar-refractivity contribution >= 4 is 5.97 Å². The number of hydrogen-bond acceptors (Lipinski definition) is 2. The number of carboxylic acid groups (broad SMARTS) is 1. The molecule has 0 amide bonds. The van der Waals surface area contributed by atoms with E-state index in [0.29, 0.717) is 18.7 Å². The van der Waals surface area contributed by atoms with E-state index in [2.05, 4.69) is 20.8 Å². The van der Waals surface area contributed by atoms with Crippen LogP contribution in [0.2, 0.25) is 0 Å². The van der Waals surface area contributed by atoms with Crippen LogP contribution in [0.15, 0.2) is 11.8 Å². The van der Waals surface area contributed by atoms with Gasteiger partial charge >= 0.3 is 5.97 Å². The van der Waals surface area contributed by atoms with Crippen LogP contribution in [-0.4, -0.2) is 46.8 Å². The Labute approximate surface area is 136 Å². The average Bonchev–Trinajstić information content (AvgIpc) is 2.44. The van der Waals surface area contributed by atoms with E-state index in [1.807, 2.05) is 6.08 Å².